The molecule has 0 amide bonds. The lowest BCUT2D eigenvalue weighted by molar-refractivity contribution is -0.385. The molecule has 0 atom stereocenters. The summed E-state index contributed by atoms with van der Waals surface area (Å²) in [7, 11) is 0. The topological polar surface area (TPSA) is 80.4 Å². The van der Waals surface area contributed by atoms with Gasteiger partial charge in [0.05, 0.1) is 10.5 Å². The number of carboxylic acids is 1. The largest absolute Gasteiger partial charge is 0.478 e. The maximum absolute atomic E-state index is 10.8. The summed E-state index contributed by atoms with van der Waals surface area (Å²) in [4.78, 5) is 20.9. The predicted octanol–water partition coefficient (Wildman–Crippen LogP) is 2.64. The summed E-state index contributed by atoms with van der Waals surface area (Å²) in [5.74, 6) is -1.15. The Balaban J connectivity index is 3.09. The lowest BCUT2D eigenvalue weighted by Crippen LogP contribution is -2.01. The van der Waals surface area contributed by atoms with Gasteiger partial charge in [0, 0.05) is 11.6 Å². The molecule has 0 aliphatic carbocycles. The third-order valence-corrected chi connectivity index (χ3v) is 2.33. The number of aryl methyl sites for hydroxylation is 1. The van der Waals surface area contributed by atoms with Crippen molar-refractivity contribution < 1.29 is 14.8 Å². The van der Waals surface area contributed by atoms with Crippen LogP contribution in [0.25, 0.3) is 0 Å². The molecule has 0 saturated carbocycles. The summed E-state index contributed by atoms with van der Waals surface area (Å²) in [5.41, 5.74) is 0.442. The molecule has 0 aliphatic rings. The zero-order valence-corrected chi connectivity index (χ0v) is 8.97. The quantitative estimate of drug-likeness (QED) is 0.614. The first-order chi connectivity index (χ1) is 7.56. The minimum absolute atomic E-state index is 0.0491. The normalized spacial score (nSPS) is 10.1. The van der Waals surface area contributed by atoms with Gasteiger partial charge in [0.1, 0.15) is 0 Å². The third-order valence-electron chi connectivity index (χ3n) is 2.33. The van der Waals surface area contributed by atoms with Gasteiger partial charge >= 0.3 is 5.97 Å². The first-order valence-electron chi connectivity index (χ1n) is 5.07. The number of nitrogens with zero attached hydrogens (tertiary/aromatic N) is 1. The van der Waals surface area contributed by atoms with Gasteiger partial charge in [-0.1, -0.05) is 19.4 Å². The van der Waals surface area contributed by atoms with Crippen molar-refractivity contribution in [3.8, 4) is 0 Å². The van der Waals surface area contributed by atoms with Crippen LogP contribution in [0.2, 0.25) is 0 Å². The van der Waals surface area contributed by atoms with Crippen LogP contribution in [0.4, 0.5) is 5.69 Å². The molecule has 5 nitrogen and oxygen atoms in total. The molecule has 1 rings (SSSR count). The summed E-state index contributed by atoms with van der Waals surface area (Å²) < 4.78 is 0. The number of aromatic carboxylic acids is 1. The van der Waals surface area contributed by atoms with Gasteiger partial charge < -0.3 is 5.11 Å². The van der Waals surface area contributed by atoms with E-state index in [1.807, 2.05) is 6.92 Å². The van der Waals surface area contributed by atoms with Crippen molar-refractivity contribution in [2.45, 2.75) is 26.2 Å². The Kier molecular flexibility index (Phi) is 3.99. The Bertz CT molecular complexity index is 414. The van der Waals surface area contributed by atoms with Crippen molar-refractivity contribution in [1.82, 2.24) is 0 Å². The summed E-state index contributed by atoms with van der Waals surface area (Å²) in [5, 5.41) is 19.5. The smallest absolute Gasteiger partial charge is 0.335 e. The van der Waals surface area contributed by atoms with Crippen LogP contribution in [0.5, 0.6) is 0 Å². The van der Waals surface area contributed by atoms with Gasteiger partial charge in [-0.15, -0.1) is 0 Å². The molecule has 5 heteroatoms. The van der Waals surface area contributed by atoms with Gasteiger partial charge in [-0.3, -0.25) is 10.1 Å². The molecule has 0 spiro atoms. The van der Waals surface area contributed by atoms with E-state index in [1.165, 1.54) is 12.1 Å². The Morgan fingerprint density at radius 3 is 2.69 bits per heavy atom. The zero-order chi connectivity index (χ0) is 12.1. The maximum atomic E-state index is 10.8. The third kappa shape index (κ3) is 2.79. The minimum atomic E-state index is -1.15. The number of rotatable bonds is 5. The van der Waals surface area contributed by atoms with E-state index in [-0.39, 0.29) is 11.3 Å². The molecule has 0 fully saturated rings. The Morgan fingerprint density at radius 2 is 2.19 bits per heavy atom. The Hall–Kier alpha value is -1.91. The highest BCUT2D eigenvalue weighted by Crippen LogP contribution is 2.22. The van der Waals surface area contributed by atoms with Crippen molar-refractivity contribution in [3.63, 3.8) is 0 Å². The number of carbonyl (C=O) groups is 1. The molecule has 0 aliphatic heterocycles. The molecule has 1 aromatic rings. The second-order valence-electron chi connectivity index (χ2n) is 3.51. The Morgan fingerprint density at radius 1 is 1.50 bits per heavy atom. The standard InChI is InChI=1S/C11H13NO4/c1-2-3-4-8-5-6-9(11(13)14)7-10(8)12(15)16/h5-7H,2-4H2,1H3,(H,13,14). The van der Waals surface area contributed by atoms with E-state index in [2.05, 4.69) is 0 Å². The molecule has 0 radical (unpaired) electrons. The average Bonchev–Trinajstić information content (AvgIpc) is 2.25. The van der Waals surface area contributed by atoms with Crippen LogP contribution in [-0.2, 0) is 6.42 Å². The zero-order valence-electron chi connectivity index (χ0n) is 8.97. The molecule has 0 unspecified atom stereocenters. The average molecular weight is 223 g/mol. The summed E-state index contributed by atoms with van der Waals surface area (Å²) in [6, 6.07) is 4.05. The first kappa shape index (κ1) is 12.2. The van der Waals surface area contributed by atoms with Crippen LogP contribution in [0, 0.1) is 10.1 Å². The van der Waals surface area contributed by atoms with E-state index in [4.69, 9.17) is 5.11 Å². The molecule has 0 saturated heterocycles. The predicted molar refractivity (Wildman–Crippen MR) is 58.7 cm³/mol. The molecule has 16 heavy (non-hydrogen) atoms. The summed E-state index contributed by atoms with van der Waals surface area (Å²) in [6.45, 7) is 2.00. The van der Waals surface area contributed by atoms with Gasteiger partial charge in [0.2, 0.25) is 0 Å². The molecule has 1 N–H and O–H groups in total. The highest BCUT2D eigenvalue weighted by atomic mass is 16.6. The van der Waals surface area contributed by atoms with Crippen molar-refractivity contribution >= 4 is 11.7 Å². The van der Waals surface area contributed by atoms with E-state index in [1.54, 1.807) is 0 Å². The van der Waals surface area contributed by atoms with Crippen molar-refractivity contribution in [3.05, 3.63) is 39.4 Å². The van der Waals surface area contributed by atoms with E-state index in [0.717, 1.165) is 18.9 Å². The number of hydrogen-bond donors (Lipinski definition) is 1. The van der Waals surface area contributed by atoms with Crippen LogP contribution in [0.1, 0.15) is 35.7 Å². The second kappa shape index (κ2) is 5.25. The number of benzene rings is 1. The molecular formula is C11H13NO4. The van der Waals surface area contributed by atoms with Gasteiger partial charge in [0.15, 0.2) is 0 Å². The number of unbranched alkanes of at least 4 members (excludes halogenated alkanes) is 1. The molecule has 1 aromatic carbocycles. The van der Waals surface area contributed by atoms with Crippen LogP contribution >= 0.6 is 0 Å². The fourth-order valence-electron chi connectivity index (χ4n) is 1.45. The lowest BCUT2D eigenvalue weighted by atomic mass is 10.0. The van der Waals surface area contributed by atoms with E-state index < -0.39 is 10.9 Å². The van der Waals surface area contributed by atoms with E-state index in [9.17, 15) is 14.9 Å². The van der Waals surface area contributed by atoms with Crippen molar-refractivity contribution in [1.29, 1.82) is 0 Å². The minimum Gasteiger partial charge on any atom is -0.478 e. The molecule has 0 aromatic heterocycles. The van der Waals surface area contributed by atoms with E-state index >= 15 is 0 Å². The van der Waals surface area contributed by atoms with E-state index in [0.29, 0.717) is 12.0 Å². The monoisotopic (exact) mass is 223 g/mol. The lowest BCUT2D eigenvalue weighted by Gasteiger charge is -2.03. The summed E-state index contributed by atoms with van der Waals surface area (Å²) >= 11 is 0. The van der Waals surface area contributed by atoms with Crippen molar-refractivity contribution in [2.75, 3.05) is 0 Å². The number of carboxylic acid groups (broad SMARTS) is 1. The van der Waals surface area contributed by atoms with Crippen LogP contribution in [-0.4, -0.2) is 16.0 Å². The summed E-state index contributed by atoms with van der Waals surface area (Å²) in [6.07, 6.45) is 2.40. The number of hydrogen-bond acceptors (Lipinski definition) is 3. The molecular weight excluding hydrogens is 210 g/mol. The molecule has 0 heterocycles. The fraction of sp³-hybridized carbons (Fsp3) is 0.364. The maximum Gasteiger partial charge on any atom is 0.335 e. The van der Waals surface area contributed by atoms with Crippen LogP contribution < -0.4 is 0 Å². The number of nitro groups is 1. The Labute approximate surface area is 92.9 Å². The van der Waals surface area contributed by atoms with Gasteiger partial charge in [-0.25, -0.2) is 4.79 Å². The first-order valence-corrected chi connectivity index (χ1v) is 5.07. The SMILES string of the molecule is CCCCc1ccc(C(=O)O)cc1[N+](=O)[O-]. The van der Waals surface area contributed by atoms with Gasteiger partial charge in [-0.2, -0.15) is 0 Å². The molecule has 0 bridgehead atoms. The van der Waals surface area contributed by atoms with Crippen LogP contribution in [0.3, 0.4) is 0 Å². The fourth-order valence-corrected chi connectivity index (χ4v) is 1.45. The van der Waals surface area contributed by atoms with Crippen molar-refractivity contribution in [2.24, 2.45) is 0 Å². The highest BCUT2D eigenvalue weighted by molar-refractivity contribution is 5.88. The van der Waals surface area contributed by atoms with Gasteiger partial charge in [0.25, 0.3) is 5.69 Å². The number of nitro benzene ring substituents is 1. The molecule has 86 valence electrons. The highest BCUT2D eigenvalue weighted by Gasteiger charge is 2.16. The second-order valence-corrected chi connectivity index (χ2v) is 3.51. The van der Waals surface area contributed by atoms with Gasteiger partial charge in [-0.05, 0) is 18.9 Å². The van der Waals surface area contributed by atoms with Crippen LogP contribution in [0.15, 0.2) is 18.2 Å².